The van der Waals surface area contributed by atoms with Crippen molar-refractivity contribution in [2.75, 3.05) is 13.1 Å². The smallest absolute Gasteiger partial charge is 0.334 e. The molecular weight excluding hydrogens is 322 g/mol. The maximum absolute atomic E-state index is 12.4. The third kappa shape index (κ3) is 4.23. The number of likely N-dealkylation sites (N-methyl/N-ethyl adjacent to an activating group) is 1. The van der Waals surface area contributed by atoms with Crippen LogP contribution in [0, 0.1) is 5.92 Å². The maximum Gasteiger partial charge on any atom is 0.334 e. The predicted molar refractivity (Wildman–Crippen MR) is 91.3 cm³/mol. The molecule has 1 aliphatic rings. The standard InChI is InChI=1S/C18H23N3O4/c1-4-20-16(23)17(24)21(18(20)25)11-15(22)19-14(10-12(2)3)13-8-6-5-7-9-13/h5-9,12,14H,4,10-11H2,1-3H3,(H,19,22)/t14-/m0/s1. The third-order valence-corrected chi connectivity index (χ3v) is 4.00. The number of urea groups is 1. The highest BCUT2D eigenvalue weighted by Gasteiger charge is 2.44. The van der Waals surface area contributed by atoms with Gasteiger partial charge in [-0.15, -0.1) is 0 Å². The zero-order valence-corrected chi connectivity index (χ0v) is 14.7. The van der Waals surface area contributed by atoms with E-state index in [1.807, 2.05) is 44.2 Å². The lowest BCUT2D eigenvalue weighted by Gasteiger charge is -2.22. The molecule has 1 atom stereocenters. The summed E-state index contributed by atoms with van der Waals surface area (Å²) in [5.41, 5.74) is 0.954. The van der Waals surface area contributed by atoms with Crippen LogP contribution in [0.1, 0.15) is 38.8 Å². The van der Waals surface area contributed by atoms with Gasteiger partial charge in [0, 0.05) is 6.54 Å². The fraction of sp³-hybridized carbons (Fsp3) is 0.444. The molecule has 1 aromatic carbocycles. The van der Waals surface area contributed by atoms with E-state index >= 15 is 0 Å². The summed E-state index contributed by atoms with van der Waals surface area (Å²) in [5, 5.41) is 2.87. The first-order valence-corrected chi connectivity index (χ1v) is 8.36. The molecular formula is C18H23N3O4. The Labute approximate surface area is 147 Å². The van der Waals surface area contributed by atoms with Gasteiger partial charge in [0.25, 0.3) is 0 Å². The first-order valence-electron chi connectivity index (χ1n) is 8.36. The number of hydrogen-bond donors (Lipinski definition) is 1. The lowest BCUT2D eigenvalue weighted by atomic mass is 9.97. The Balaban J connectivity index is 2.08. The molecule has 0 radical (unpaired) electrons. The Bertz CT molecular complexity index is 672. The van der Waals surface area contributed by atoms with Crippen LogP contribution in [0.4, 0.5) is 4.79 Å². The van der Waals surface area contributed by atoms with E-state index in [9.17, 15) is 19.2 Å². The van der Waals surface area contributed by atoms with Crippen molar-refractivity contribution in [2.45, 2.75) is 33.2 Å². The van der Waals surface area contributed by atoms with Gasteiger partial charge in [0.1, 0.15) is 6.54 Å². The van der Waals surface area contributed by atoms with Crippen molar-refractivity contribution in [3.63, 3.8) is 0 Å². The number of amides is 5. The van der Waals surface area contributed by atoms with Gasteiger partial charge in [-0.3, -0.25) is 19.3 Å². The monoisotopic (exact) mass is 345 g/mol. The van der Waals surface area contributed by atoms with Crippen molar-refractivity contribution in [3.05, 3.63) is 35.9 Å². The van der Waals surface area contributed by atoms with Crippen molar-refractivity contribution < 1.29 is 19.2 Å². The van der Waals surface area contributed by atoms with Crippen LogP contribution in [0.25, 0.3) is 0 Å². The Morgan fingerprint density at radius 3 is 2.16 bits per heavy atom. The second-order valence-electron chi connectivity index (χ2n) is 6.38. The highest BCUT2D eigenvalue weighted by molar-refractivity contribution is 6.45. The molecule has 5 amide bonds. The second kappa shape index (κ2) is 7.92. The van der Waals surface area contributed by atoms with Gasteiger partial charge < -0.3 is 5.32 Å². The number of rotatable bonds is 7. The quantitative estimate of drug-likeness (QED) is 0.602. The SMILES string of the molecule is CCN1C(=O)C(=O)N(CC(=O)N[C@@H](CC(C)C)c2ccccc2)C1=O. The summed E-state index contributed by atoms with van der Waals surface area (Å²) in [6.45, 7) is 5.34. The van der Waals surface area contributed by atoms with Crippen LogP contribution in [0.15, 0.2) is 30.3 Å². The minimum absolute atomic E-state index is 0.0987. The average molecular weight is 345 g/mol. The first kappa shape index (κ1) is 18.6. The zero-order valence-electron chi connectivity index (χ0n) is 14.7. The molecule has 0 aliphatic carbocycles. The van der Waals surface area contributed by atoms with Gasteiger partial charge in [-0.2, -0.15) is 0 Å². The van der Waals surface area contributed by atoms with E-state index < -0.39 is 30.3 Å². The summed E-state index contributed by atoms with van der Waals surface area (Å²) in [6, 6.07) is 8.54. The molecule has 134 valence electrons. The van der Waals surface area contributed by atoms with Crippen LogP contribution in [0.2, 0.25) is 0 Å². The van der Waals surface area contributed by atoms with Crippen molar-refractivity contribution >= 4 is 23.8 Å². The number of hydrogen-bond acceptors (Lipinski definition) is 4. The van der Waals surface area contributed by atoms with Gasteiger partial charge in [-0.25, -0.2) is 9.69 Å². The topological polar surface area (TPSA) is 86.8 Å². The average Bonchev–Trinajstić information content (AvgIpc) is 2.78. The number of carbonyl (C=O) groups excluding carboxylic acids is 4. The molecule has 1 aliphatic heterocycles. The highest BCUT2D eigenvalue weighted by Crippen LogP contribution is 2.21. The van der Waals surface area contributed by atoms with Crippen molar-refractivity contribution in [2.24, 2.45) is 5.92 Å². The van der Waals surface area contributed by atoms with Crippen LogP contribution in [0.5, 0.6) is 0 Å². The number of imide groups is 2. The van der Waals surface area contributed by atoms with Gasteiger partial charge in [0.05, 0.1) is 6.04 Å². The van der Waals surface area contributed by atoms with E-state index in [0.717, 1.165) is 16.9 Å². The number of benzene rings is 1. The normalized spacial score (nSPS) is 15.9. The Morgan fingerprint density at radius 1 is 1.04 bits per heavy atom. The van der Waals surface area contributed by atoms with Gasteiger partial charge in [-0.1, -0.05) is 44.2 Å². The largest absolute Gasteiger partial charge is 0.348 e. The summed E-state index contributed by atoms with van der Waals surface area (Å²) >= 11 is 0. The Morgan fingerprint density at radius 2 is 1.64 bits per heavy atom. The van der Waals surface area contributed by atoms with Crippen LogP contribution in [-0.4, -0.2) is 46.6 Å². The van der Waals surface area contributed by atoms with E-state index in [1.54, 1.807) is 6.92 Å². The highest BCUT2D eigenvalue weighted by atomic mass is 16.2. The van der Waals surface area contributed by atoms with E-state index in [4.69, 9.17) is 0 Å². The van der Waals surface area contributed by atoms with Gasteiger partial charge in [0.15, 0.2) is 0 Å². The number of carbonyl (C=O) groups is 4. The molecule has 0 saturated carbocycles. The second-order valence-corrected chi connectivity index (χ2v) is 6.38. The molecule has 7 heteroatoms. The van der Waals surface area contributed by atoms with Crippen LogP contribution < -0.4 is 5.32 Å². The molecule has 1 aromatic rings. The molecule has 25 heavy (non-hydrogen) atoms. The first-order chi connectivity index (χ1) is 11.8. The fourth-order valence-electron chi connectivity index (χ4n) is 2.79. The van der Waals surface area contributed by atoms with Crippen molar-refractivity contribution in [1.82, 2.24) is 15.1 Å². The minimum atomic E-state index is -0.956. The minimum Gasteiger partial charge on any atom is -0.348 e. The molecule has 7 nitrogen and oxygen atoms in total. The van der Waals surface area contributed by atoms with E-state index in [-0.39, 0.29) is 12.6 Å². The fourth-order valence-corrected chi connectivity index (χ4v) is 2.79. The lowest BCUT2D eigenvalue weighted by Crippen LogP contribution is -2.42. The van der Waals surface area contributed by atoms with Gasteiger partial charge in [0.2, 0.25) is 5.91 Å². The molecule has 0 spiro atoms. The molecule has 0 bridgehead atoms. The maximum atomic E-state index is 12.4. The van der Waals surface area contributed by atoms with E-state index in [0.29, 0.717) is 10.8 Å². The summed E-state index contributed by atoms with van der Waals surface area (Å²) in [7, 11) is 0. The van der Waals surface area contributed by atoms with Crippen LogP contribution in [-0.2, 0) is 14.4 Å². The lowest BCUT2D eigenvalue weighted by molar-refractivity contribution is -0.144. The predicted octanol–water partition coefficient (Wildman–Crippen LogP) is 1.70. The number of nitrogens with zero attached hydrogens (tertiary/aromatic N) is 2. The molecule has 0 unspecified atom stereocenters. The summed E-state index contributed by atoms with van der Waals surface area (Å²) in [6.07, 6.45) is 0.720. The Kier molecular flexibility index (Phi) is 5.90. The molecule has 1 N–H and O–H groups in total. The molecule has 0 aromatic heterocycles. The molecule has 2 rings (SSSR count). The molecule has 1 fully saturated rings. The summed E-state index contributed by atoms with van der Waals surface area (Å²) in [5.74, 6) is -1.97. The van der Waals surface area contributed by atoms with Gasteiger partial charge in [-0.05, 0) is 24.8 Å². The van der Waals surface area contributed by atoms with E-state index in [1.165, 1.54) is 0 Å². The van der Waals surface area contributed by atoms with Crippen molar-refractivity contribution in [1.29, 1.82) is 0 Å². The Hall–Kier alpha value is -2.70. The number of nitrogens with one attached hydrogen (secondary N) is 1. The molecule has 1 heterocycles. The van der Waals surface area contributed by atoms with Gasteiger partial charge >= 0.3 is 17.8 Å². The van der Waals surface area contributed by atoms with Crippen LogP contribution in [0.3, 0.4) is 0 Å². The third-order valence-electron chi connectivity index (χ3n) is 4.00. The van der Waals surface area contributed by atoms with E-state index in [2.05, 4.69) is 5.32 Å². The summed E-state index contributed by atoms with van der Waals surface area (Å²) < 4.78 is 0. The molecule has 1 saturated heterocycles. The summed E-state index contributed by atoms with van der Waals surface area (Å²) in [4.78, 5) is 49.5. The van der Waals surface area contributed by atoms with Crippen molar-refractivity contribution in [3.8, 4) is 0 Å². The zero-order chi connectivity index (χ0) is 18.6. The van der Waals surface area contributed by atoms with Crippen LogP contribution >= 0.6 is 0 Å².